The second-order valence-electron chi connectivity index (χ2n) is 5.09. The van der Waals surface area contributed by atoms with E-state index in [2.05, 4.69) is 10.1 Å². The molecule has 0 saturated carbocycles. The van der Waals surface area contributed by atoms with Crippen LogP contribution in [0.2, 0.25) is 10.0 Å². The maximum atomic E-state index is 12.0. The van der Waals surface area contributed by atoms with Crippen molar-refractivity contribution >= 4 is 34.3 Å². The number of oxazole rings is 1. The lowest BCUT2D eigenvalue weighted by atomic mass is 10.2. The number of benzene rings is 2. The molecule has 24 heavy (non-hydrogen) atoms. The molecule has 2 heterocycles. The summed E-state index contributed by atoms with van der Waals surface area (Å²) in [6.45, 7) is 0.0982. The Kier molecular flexibility index (Phi) is 3.63. The van der Waals surface area contributed by atoms with Gasteiger partial charge in [-0.15, -0.1) is 0 Å². The van der Waals surface area contributed by atoms with Gasteiger partial charge in [-0.05, 0) is 24.3 Å². The largest absolute Gasteiger partial charge is 0.420 e. The van der Waals surface area contributed by atoms with Gasteiger partial charge in [-0.1, -0.05) is 40.5 Å². The molecule has 4 rings (SSSR count). The van der Waals surface area contributed by atoms with E-state index in [9.17, 15) is 4.79 Å². The summed E-state index contributed by atoms with van der Waals surface area (Å²) < 4.78 is 11.8. The Bertz CT molecular complexity index is 1100. The Morgan fingerprint density at radius 3 is 2.75 bits per heavy atom. The molecule has 0 bridgehead atoms. The van der Waals surface area contributed by atoms with E-state index < -0.39 is 5.76 Å². The first-order chi connectivity index (χ1) is 11.6. The molecule has 0 radical (unpaired) electrons. The summed E-state index contributed by atoms with van der Waals surface area (Å²) in [5, 5.41) is 4.99. The van der Waals surface area contributed by atoms with Crippen molar-refractivity contribution in [2.45, 2.75) is 6.54 Å². The van der Waals surface area contributed by atoms with E-state index in [0.29, 0.717) is 27.0 Å². The van der Waals surface area contributed by atoms with Crippen molar-refractivity contribution in [2.24, 2.45) is 0 Å². The molecule has 4 aromatic rings. The highest BCUT2D eigenvalue weighted by molar-refractivity contribution is 6.31. The zero-order valence-electron chi connectivity index (χ0n) is 12.1. The van der Waals surface area contributed by atoms with Crippen LogP contribution >= 0.6 is 23.2 Å². The van der Waals surface area contributed by atoms with E-state index in [-0.39, 0.29) is 12.4 Å². The number of hydrogen-bond acceptors (Lipinski definition) is 5. The lowest BCUT2D eigenvalue weighted by Crippen LogP contribution is -2.15. The van der Waals surface area contributed by atoms with E-state index >= 15 is 0 Å². The fourth-order valence-corrected chi connectivity index (χ4v) is 2.74. The van der Waals surface area contributed by atoms with Crippen molar-refractivity contribution < 1.29 is 8.94 Å². The van der Waals surface area contributed by atoms with Gasteiger partial charge in [0.15, 0.2) is 5.58 Å². The number of halogens is 2. The van der Waals surface area contributed by atoms with Crippen molar-refractivity contribution in [1.29, 1.82) is 0 Å². The van der Waals surface area contributed by atoms with Crippen LogP contribution in [-0.2, 0) is 6.54 Å². The number of hydrogen-bond donors (Lipinski definition) is 0. The highest BCUT2D eigenvalue weighted by Gasteiger charge is 2.15. The van der Waals surface area contributed by atoms with Gasteiger partial charge in [0.2, 0.25) is 11.7 Å². The van der Waals surface area contributed by atoms with Crippen molar-refractivity contribution in [3.05, 3.63) is 69.0 Å². The predicted octanol–water partition coefficient (Wildman–Crippen LogP) is 4.00. The third-order valence-corrected chi connectivity index (χ3v) is 3.94. The molecule has 0 amide bonds. The Morgan fingerprint density at radius 1 is 1.08 bits per heavy atom. The smallest absolute Gasteiger partial charge is 0.408 e. The zero-order valence-corrected chi connectivity index (χ0v) is 13.6. The quantitative estimate of drug-likeness (QED) is 0.551. The van der Waals surface area contributed by atoms with Gasteiger partial charge in [0.05, 0.1) is 5.52 Å². The molecule has 0 N–H and O–H groups in total. The minimum absolute atomic E-state index is 0.0982. The Hall–Kier alpha value is -2.57. The molecule has 6 nitrogen and oxygen atoms in total. The molecule has 2 aromatic heterocycles. The average molecular weight is 362 g/mol. The van der Waals surface area contributed by atoms with Gasteiger partial charge in [0.25, 0.3) is 0 Å². The molecule has 0 spiro atoms. The number of aromatic nitrogens is 3. The van der Waals surface area contributed by atoms with Crippen molar-refractivity contribution in [1.82, 2.24) is 14.7 Å². The van der Waals surface area contributed by atoms with Crippen molar-refractivity contribution in [2.75, 3.05) is 0 Å². The summed E-state index contributed by atoms with van der Waals surface area (Å²) in [7, 11) is 0. The van der Waals surface area contributed by atoms with Gasteiger partial charge in [-0.2, -0.15) is 4.98 Å². The highest BCUT2D eigenvalue weighted by atomic mass is 35.5. The fourth-order valence-electron chi connectivity index (χ4n) is 2.39. The molecule has 0 atom stereocenters. The molecule has 0 aliphatic carbocycles. The van der Waals surface area contributed by atoms with Crippen LogP contribution < -0.4 is 5.76 Å². The van der Waals surface area contributed by atoms with Crippen LogP contribution in [0.1, 0.15) is 5.89 Å². The van der Waals surface area contributed by atoms with Gasteiger partial charge in [-0.3, -0.25) is 4.57 Å². The molecule has 2 aromatic carbocycles. The van der Waals surface area contributed by atoms with Gasteiger partial charge in [0.1, 0.15) is 6.54 Å². The summed E-state index contributed by atoms with van der Waals surface area (Å²) >= 11 is 11.9. The molecular weight excluding hydrogens is 353 g/mol. The lowest BCUT2D eigenvalue weighted by molar-refractivity contribution is 0.367. The lowest BCUT2D eigenvalue weighted by Gasteiger charge is -1.97. The Labute approximate surface area is 145 Å². The van der Waals surface area contributed by atoms with Gasteiger partial charge in [0, 0.05) is 21.7 Å². The van der Waals surface area contributed by atoms with E-state index in [0.717, 1.165) is 5.56 Å². The Balaban J connectivity index is 1.70. The molecule has 0 unspecified atom stereocenters. The zero-order chi connectivity index (χ0) is 16.7. The van der Waals surface area contributed by atoms with E-state index in [1.54, 1.807) is 36.4 Å². The monoisotopic (exact) mass is 361 g/mol. The van der Waals surface area contributed by atoms with Crippen LogP contribution in [0.5, 0.6) is 0 Å². The first-order valence-corrected chi connectivity index (χ1v) is 7.73. The average Bonchev–Trinajstić information content (AvgIpc) is 3.13. The third kappa shape index (κ3) is 2.70. The molecule has 8 heteroatoms. The molecule has 0 saturated heterocycles. The summed E-state index contributed by atoms with van der Waals surface area (Å²) in [6, 6.07) is 12.1. The van der Waals surface area contributed by atoms with E-state index in [1.165, 1.54) is 4.57 Å². The number of rotatable bonds is 3. The summed E-state index contributed by atoms with van der Waals surface area (Å²) in [5.74, 6) is 0.163. The summed E-state index contributed by atoms with van der Waals surface area (Å²) in [5.41, 5.74) is 1.74. The normalized spacial score (nSPS) is 11.2. The number of fused-ring (bicyclic) bond motifs is 1. The first-order valence-electron chi connectivity index (χ1n) is 6.97. The highest BCUT2D eigenvalue weighted by Crippen LogP contribution is 2.21. The van der Waals surface area contributed by atoms with Crippen LogP contribution in [-0.4, -0.2) is 14.7 Å². The van der Waals surface area contributed by atoms with Gasteiger partial charge < -0.3 is 8.94 Å². The summed E-state index contributed by atoms with van der Waals surface area (Å²) in [6.07, 6.45) is 0. The maximum Gasteiger partial charge on any atom is 0.420 e. The maximum absolute atomic E-state index is 12.0. The molecule has 0 fully saturated rings. The molecule has 120 valence electrons. The van der Waals surface area contributed by atoms with E-state index in [4.69, 9.17) is 32.1 Å². The number of nitrogens with zero attached hydrogens (tertiary/aromatic N) is 3. The van der Waals surface area contributed by atoms with Crippen molar-refractivity contribution in [3.8, 4) is 11.4 Å². The topological polar surface area (TPSA) is 74.1 Å². The van der Waals surface area contributed by atoms with Crippen molar-refractivity contribution in [3.63, 3.8) is 0 Å². The van der Waals surface area contributed by atoms with Crippen LogP contribution in [0, 0.1) is 0 Å². The second-order valence-corrected chi connectivity index (χ2v) is 5.96. The van der Waals surface area contributed by atoms with Gasteiger partial charge in [-0.25, -0.2) is 4.79 Å². The summed E-state index contributed by atoms with van der Waals surface area (Å²) in [4.78, 5) is 16.3. The van der Waals surface area contributed by atoms with Gasteiger partial charge >= 0.3 is 5.76 Å². The van der Waals surface area contributed by atoms with E-state index in [1.807, 2.05) is 6.07 Å². The molecule has 0 aliphatic rings. The first kappa shape index (κ1) is 15.0. The Morgan fingerprint density at radius 2 is 1.92 bits per heavy atom. The second kappa shape index (κ2) is 5.81. The minimum Gasteiger partial charge on any atom is -0.408 e. The minimum atomic E-state index is -0.519. The van der Waals surface area contributed by atoms with Crippen LogP contribution in [0.25, 0.3) is 22.5 Å². The van der Waals surface area contributed by atoms with Crippen LogP contribution in [0.4, 0.5) is 0 Å². The SMILES string of the molecule is O=c1oc2cc(Cl)ccc2n1Cc1nc(-c2cccc(Cl)c2)no1. The predicted molar refractivity (Wildman–Crippen MR) is 89.3 cm³/mol. The third-order valence-electron chi connectivity index (χ3n) is 3.47. The van der Waals surface area contributed by atoms with Crippen LogP contribution in [0.3, 0.4) is 0 Å². The van der Waals surface area contributed by atoms with Crippen LogP contribution in [0.15, 0.2) is 56.2 Å². The standard InChI is InChI=1S/C16H9Cl2N3O3/c17-10-3-1-2-9(6-10)15-19-14(24-20-15)8-21-12-5-4-11(18)7-13(12)23-16(21)22/h1-7H,8H2. The fraction of sp³-hybridized carbons (Fsp3) is 0.0625. The molecular formula is C16H9Cl2N3O3. The molecule has 0 aliphatic heterocycles.